The van der Waals surface area contributed by atoms with Crippen molar-refractivity contribution in [1.29, 1.82) is 0 Å². The van der Waals surface area contributed by atoms with Gasteiger partial charge in [0.05, 0.1) is 17.7 Å². The fourth-order valence-corrected chi connectivity index (χ4v) is 4.47. The molecule has 0 fully saturated rings. The molecule has 7 nitrogen and oxygen atoms in total. The first-order valence-electron chi connectivity index (χ1n) is 10.5. The maximum atomic E-state index is 12.8. The van der Waals surface area contributed by atoms with Crippen LogP contribution < -0.4 is 19.5 Å². The molecule has 180 valence electrons. The Morgan fingerprint density at radius 2 is 1.59 bits per heavy atom. The van der Waals surface area contributed by atoms with Crippen LogP contribution in [0.5, 0.6) is 11.5 Å². The molecule has 3 aromatic rings. The number of methoxy groups -OCH3 is 1. The molecule has 1 amide bonds. The number of carbonyl (C=O) groups excluding carboxylic acids is 1. The second-order valence-electron chi connectivity index (χ2n) is 7.95. The van der Waals surface area contributed by atoms with Gasteiger partial charge in [-0.25, -0.2) is 8.42 Å². The Hall–Kier alpha value is -3.23. The molecule has 0 heterocycles. The predicted octanol–water partition coefficient (Wildman–Crippen LogP) is 5.48. The molecule has 0 radical (unpaired) electrons. The van der Waals surface area contributed by atoms with Gasteiger partial charge in [0, 0.05) is 10.7 Å². The quantitative estimate of drug-likeness (QED) is 0.425. The molecule has 0 aliphatic heterocycles. The van der Waals surface area contributed by atoms with E-state index in [1.54, 1.807) is 31.2 Å². The van der Waals surface area contributed by atoms with Crippen molar-refractivity contribution in [2.75, 3.05) is 17.1 Å². The lowest BCUT2D eigenvalue weighted by atomic mass is 10.1. The SMILES string of the molecule is COc1ccc(C)cc1NS(=O)(=O)c1ccc(NC(=O)[C@H](C)Oc2cc(C)c(Cl)c(C)c2)cc1. The number of hydrogen-bond acceptors (Lipinski definition) is 5. The molecule has 0 saturated carbocycles. The first-order valence-corrected chi connectivity index (χ1v) is 12.4. The summed E-state index contributed by atoms with van der Waals surface area (Å²) in [5, 5.41) is 3.39. The number of halogens is 1. The van der Waals surface area contributed by atoms with Crippen molar-refractivity contribution in [3.63, 3.8) is 0 Å². The number of sulfonamides is 1. The third-order valence-electron chi connectivity index (χ3n) is 5.12. The molecule has 3 aromatic carbocycles. The van der Waals surface area contributed by atoms with Gasteiger partial charge in [0.15, 0.2) is 6.10 Å². The van der Waals surface area contributed by atoms with Crippen LogP contribution in [0.25, 0.3) is 0 Å². The predicted molar refractivity (Wildman–Crippen MR) is 135 cm³/mol. The Labute approximate surface area is 205 Å². The summed E-state index contributed by atoms with van der Waals surface area (Å²) in [6, 6.07) is 14.6. The first kappa shape index (κ1) is 25.4. The summed E-state index contributed by atoms with van der Waals surface area (Å²) in [6.07, 6.45) is -0.779. The summed E-state index contributed by atoms with van der Waals surface area (Å²) in [6.45, 7) is 7.22. The number of carbonyl (C=O) groups is 1. The Bertz CT molecular complexity index is 1280. The lowest BCUT2D eigenvalue weighted by Gasteiger charge is -2.16. The van der Waals surface area contributed by atoms with Crippen molar-refractivity contribution < 1.29 is 22.7 Å². The Balaban J connectivity index is 1.68. The van der Waals surface area contributed by atoms with Gasteiger partial charge in [-0.3, -0.25) is 9.52 Å². The van der Waals surface area contributed by atoms with Crippen molar-refractivity contribution in [3.8, 4) is 11.5 Å². The van der Waals surface area contributed by atoms with Gasteiger partial charge in [0.2, 0.25) is 0 Å². The molecular formula is C25H27ClN2O5S. The Morgan fingerprint density at radius 1 is 0.971 bits per heavy atom. The molecule has 9 heteroatoms. The minimum atomic E-state index is -3.85. The van der Waals surface area contributed by atoms with Gasteiger partial charge in [0.25, 0.3) is 15.9 Å². The second kappa shape index (κ2) is 10.4. The highest BCUT2D eigenvalue weighted by Gasteiger charge is 2.19. The normalized spacial score (nSPS) is 12.1. The molecule has 0 aromatic heterocycles. The van der Waals surface area contributed by atoms with Crippen LogP contribution in [0.1, 0.15) is 23.6 Å². The van der Waals surface area contributed by atoms with E-state index in [2.05, 4.69) is 10.0 Å². The molecule has 0 aliphatic rings. The van der Waals surface area contributed by atoms with Crippen LogP contribution in [-0.2, 0) is 14.8 Å². The third kappa shape index (κ3) is 6.01. The molecule has 3 rings (SSSR count). The van der Waals surface area contributed by atoms with E-state index in [0.717, 1.165) is 16.7 Å². The summed E-state index contributed by atoms with van der Waals surface area (Å²) in [7, 11) is -2.38. The number of anilines is 2. The van der Waals surface area contributed by atoms with Gasteiger partial charge < -0.3 is 14.8 Å². The average Bonchev–Trinajstić information content (AvgIpc) is 2.77. The molecule has 34 heavy (non-hydrogen) atoms. The fourth-order valence-electron chi connectivity index (χ4n) is 3.30. The molecule has 0 bridgehead atoms. The number of rotatable bonds is 8. The van der Waals surface area contributed by atoms with Crippen molar-refractivity contribution in [1.82, 2.24) is 0 Å². The van der Waals surface area contributed by atoms with E-state index in [1.165, 1.54) is 31.4 Å². The van der Waals surface area contributed by atoms with Crippen molar-refractivity contribution in [3.05, 3.63) is 76.3 Å². The van der Waals surface area contributed by atoms with E-state index >= 15 is 0 Å². The molecule has 1 atom stereocenters. The molecule has 0 unspecified atom stereocenters. The first-order chi connectivity index (χ1) is 16.0. The summed E-state index contributed by atoms with van der Waals surface area (Å²) in [5.74, 6) is 0.586. The van der Waals surface area contributed by atoms with Crippen LogP contribution in [0.3, 0.4) is 0 Å². The van der Waals surface area contributed by atoms with E-state index < -0.39 is 16.1 Å². The van der Waals surface area contributed by atoms with E-state index in [0.29, 0.717) is 27.9 Å². The van der Waals surface area contributed by atoms with Crippen molar-refractivity contribution >= 4 is 38.9 Å². The zero-order valence-electron chi connectivity index (χ0n) is 19.6. The summed E-state index contributed by atoms with van der Waals surface area (Å²) >= 11 is 6.18. The fraction of sp³-hybridized carbons (Fsp3) is 0.240. The lowest BCUT2D eigenvalue weighted by Crippen LogP contribution is -2.30. The summed E-state index contributed by atoms with van der Waals surface area (Å²) in [4.78, 5) is 12.6. The van der Waals surface area contributed by atoms with Gasteiger partial charge in [-0.1, -0.05) is 17.7 Å². The van der Waals surface area contributed by atoms with Gasteiger partial charge in [-0.05, 0) is 92.9 Å². The van der Waals surface area contributed by atoms with E-state index in [-0.39, 0.29) is 10.8 Å². The Morgan fingerprint density at radius 3 is 2.18 bits per heavy atom. The van der Waals surface area contributed by atoms with E-state index in [1.807, 2.05) is 26.8 Å². The molecule has 2 N–H and O–H groups in total. The van der Waals surface area contributed by atoms with Gasteiger partial charge in [-0.15, -0.1) is 0 Å². The highest BCUT2D eigenvalue weighted by Crippen LogP contribution is 2.29. The maximum Gasteiger partial charge on any atom is 0.265 e. The summed E-state index contributed by atoms with van der Waals surface area (Å²) in [5.41, 5.74) is 3.39. The van der Waals surface area contributed by atoms with Crippen LogP contribution in [0.2, 0.25) is 5.02 Å². The minimum Gasteiger partial charge on any atom is -0.495 e. The smallest absolute Gasteiger partial charge is 0.265 e. The van der Waals surface area contributed by atoms with Crippen LogP contribution in [0.15, 0.2) is 59.5 Å². The molecule has 0 saturated heterocycles. The maximum absolute atomic E-state index is 12.8. The van der Waals surface area contributed by atoms with Crippen LogP contribution >= 0.6 is 11.6 Å². The number of ether oxygens (including phenoxy) is 2. The minimum absolute atomic E-state index is 0.0467. The number of amides is 1. The zero-order chi connectivity index (χ0) is 25.0. The highest BCUT2D eigenvalue weighted by atomic mass is 35.5. The average molecular weight is 503 g/mol. The molecule has 0 aliphatic carbocycles. The lowest BCUT2D eigenvalue weighted by molar-refractivity contribution is -0.122. The number of nitrogens with one attached hydrogen (secondary N) is 2. The van der Waals surface area contributed by atoms with E-state index in [4.69, 9.17) is 21.1 Å². The second-order valence-corrected chi connectivity index (χ2v) is 10.0. The van der Waals surface area contributed by atoms with E-state index in [9.17, 15) is 13.2 Å². The number of hydrogen-bond donors (Lipinski definition) is 2. The number of aryl methyl sites for hydroxylation is 3. The highest BCUT2D eigenvalue weighted by molar-refractivity contribution is 7.92. The topological polar surface area (TPSA) is 93.7 Å². The van der Waals surface area contributed by atoms with Gasteiger partial charge in [-0.2, -0.15) is 0 Å². The Kier molecular flexibility index (Phi) is 7.74. The largest absolute Gasteiger partial charge is 0.495 e. The number of benzene rings is 3. The molecular weight excluding hydrogens is 476 g/mol. The monoisotopic (exact) mass is 502 g/mol. The zero-order valence-corrected chi connectivity index (χ0v) is 21.2. The third-order valence-corrected chi connectivity index (χ3v) is 7.10. The van der Waals surface area contributed by atoms with Gasteiger partial charge in [0.1, 0.15) is 11.5 Å². The summed E-state index contributed by atoms with van der Waals surface area (Å²) < 4.78 is 39.2. The van der Waals surface area contributed by atoms with Crippen LogP contribution in [-0.4, -0.2) is 27.5 Å². The van der Waals surface area contributed by atoms with Crippen molar-refractivity contribution in [2.45, 2.75) is 38.7 Å². The standard InChI is InChI=1S/C25H27ClN2O5S/c1-15-6-11-23(32-5)22(12-15)28-34(30,31)21-9-7-19(8-10-21)27-25(29)18(4)33-20-13-16(2)24(26)17(3)14-20/h6-14,18,28H,1-5H3,(H,27,29)/t18-/m0/s1. The van der Waals surface area contributed by atoms with Crippen molar-refractivity contribution in [2.24, 2.45) is 0 Å². The van der Waals surface area contributed by atoms with Crippen LogP contribution in [0.4, 0.5) is 11.4 Å². The van der Waals surface area contributed by atoms with Crippen LogP contribution in [0, 0.1) is 20.8 Å². The molecule has 0 spiro atoms. The van der Waals surface area contributed by atoms with Gasteiger partial charge >= 0.3 is 0 Å².